The van der Waals surface area contributed by atoms with E-state index in [9.17, 15) is 14.4 Å². The van der Waals surface area contributed by atoms with Gasteiger partial charge in [0.25, 0.3) is 0 Å². The predicted octanol–water partition coefficient (Wildman–Crippen LogP) is 1.82. The van der Waals surface area contributed by atoms with Crippen molar-refractivity contribution in [2.75, 3.05) is 13.6 Å². The van der Waals surface area contributed by atoms with Gasteiger partial charge in [0.05, 0.1) is 6.04 Å². The molecule has 0 radical (unpaired) electrons. The first-order chi connectivity index (χ1) is 12.4. The minimum Gasteiger partial charge on any atom is -0.362 e. The minimum absolute atomic E-state index is 0.0401. The zero-order valence-electron chi connectivity index (χ0n) is 16.2. The van der Waals surface area contributed by atoms with Crippen LogP contribution in [0, 0.1) is 11.8 Å². The molecule has 1 saturated carbocycles. The summed E-state index contributed by atoms with van der Waals surface area (Å²) in [5.74, 6) is -0.547. The molecule has 0 aromatic heterocycles. The Kier molecular flexibility index (Phi) is 7.60. The molecule has 26 heavy (non-hydrogen) atoms. The summed E-state index contributed by atoms with van der Waals surface area (Å²) in [4.78, 5) is 39.3. The molecule has 1 aliphatic heterocycles. The molecule has 0 bridgehead atoms. The number of nitrogens with zero attached hydrogens (tertiary/aromatic N) is 2. The lowest BCUT2D eigenvalue weighted by molar-refractivity contribution is -0.140. The molecule has 2 rings (SSSR count). The first-order valence-corrected chi connectivity index (χ1v) is 9.80. The van der Waals surface area contributed by atoms with E-state index in [-0.39, 0.29) is 17.7 Å². The van der Waals surface area contributed by atoms with Crippen molar-refractivity contribution in [2.24, 2.45) is 16.9 Å². The Morgan fingerprint density at radius 1 is 1.15 bits per heavy atom. The number of Topliss-reactive ketones (excluding diaryl/α,β-unsaturated/α-hetero) is 1. The molecule has 1 saturated heterocycles. The SMILES string of the molecule is CC(C)CC(NC(=O)C1CCCCC1)C(=O)C(=O)N/N=C1\CCCN1C. The summed E-state index contributed by atoms with van der Waals surface area (Å²) in [5.41, 5.74) is 2.37. The van der Waals surface area contributed by atoms with E-state index >= 15 is 0 Å². The Balaban J connectivity index is 1.96. The average molecular weight is 364 g/mol. The molecular formula is C19H32N4O3. The summed E-state index contributed by atoms with van der Waals surface area (Å²) < 4.78 is 0. The van der Waals surface area contributed by atoms with E-state index in [2.05, 4.69) is 15.8 Å². The highest BCUT2D eigenvalue weighted by Gasteiger charge is 2.30. The molecule has 0 aromatic rings. The van der Waals surface area contributed by atoms with Gasteiger partial charge in [-0.1, -0.05) is 33.1 Å². The van der Waals surface area contributed by atoms with Crippen molar-refractivity contribution < 1.29 is 14.4 Å². The van der Waals surface area contributed by atoms with Crippen molar-refractivity contribution in [1.82, 2.24) is 15.6 Å². The van der Waals surface area contributed by atoms with Crippen LogP contribution in [0.1, 0.15) is 65.2 Å². The summed E-state index contributed by atoms with van der Waals surface area (Å²) in [6.45, 7) is 4.84. The third kappa shape index (κ3) is 5.81. The van der Waals surface area contributed by atoms with Gasteiger partial charge in [0.1, 0.15) is 5.84 Å². The number of carbonyl (C=O) groups excluding carboxylic acids is 3. The zero-order chi connectivity index (χ0) is 19.1. The number of ketones is 1. The normalized spacial score (nSPS) is 21.1. The number of amides is 2. The Hall–Kier alpha value is -1.92. The number of hydrazone groups is 1. The Morgan fingerprint density at radius 2 is 1.85 bits per heavy atom. The Labute approximate surface area is 156 Å². The van der Waals surface area contributed by atoms with E-state index < -0.39 is 17.7 Å². The smallest absolute Gasteiger partial charge is 0.309 e. The van der Waals surface area contributed by atoms with Crippen LogP contribution in [0.4, 0.5) is 0 Å². The molecule has 2 amide bonds. The van der Waals surface area contributed by atoms with Crippen LogP contribution in [0.5, 0.6) is 0 Å². The fourth-order valence-corrected chi connectivity index (χ4v) is 3.62. The molecule has 1 aliphatic carbocycles. The highest BCUT2D eigenvalue weighted by atomic mass is 16.2. The summed E-state index contributed by atoms with van der Waals surface area (Å²) in [6, 6.07) is -0.786. The number of rotatable bonds is 7. The zero-order valence-corrected chi connectivity index (χ0v) is 16.2. The van der Waals surface area contributed by atoms with Crippen molar-refractivity contribution in [3.05, 3.63) is 0 Å². The first-order valence-electron chi connectivity index (χ1n) is 9.80. The summed E-state index contributed by atoms with van der Waals surface area (Å²) >= 11 is 0. The minimum atomic E-state index is -0.786. The predicted molar refractivity (Wildman–Crippen MR) is 100 cm³/mol. The fourth-order valence-electron chi connectivity index (χ4n) is 3.62. The number of hydrogen-bond acceptors (Lipinski definition) is 4. The van der Waals surface area contributed by atoms with Crippen LogP contribution in [0.2, 0.25) is 0 Å². The van der Waals surface area contributed by atoms with E-state index in [1.54, 1.807) is 0 Å². The molecule has 2 fully saturated rings. The number of carbonyl (C=O) groups is 3. The topological polar surface area (TPSA) is 90.9 Å². The van der Waals surface area contributed by atoms with Crippen LogP contribution in [0.15, 0.2) is 5.10 Å². The monoisotopic (exact) mass is 364 g/mol. The van der Waals surface area contributed by atoms with Gasteiger partial charge in [-0.25, -0.2) is 5.43 Å². The molecule has 2 N–H and O–H groups in total. The van der Waals surface area contributed by atoms with E-state index in [4.69, 9.17) is 0 Å². The lowest BCUT2D eigenvalue weighted by atomic mass is 9.88. The fraction of sp³-hybridized carbons (Fsp3) is 0.789. The number of nitrogens with one attached hydrogen (secondary N) is 2. The van der Waals surface area contributed by atoms with Gasteiger partial charge in [0.2, 0.25) is 11.7 Å². The summed E-state index contributed by atoms with van der Waals surface area (Å²) in [7, 11) is 1.91. The van der Waals surface area contributed by atoms with Crippen LogP contribution < -0.4 is 10.7 Å². The van der Waals surface area contributed by atoms with Gasteiger partial charge in [-0.05, 0) is 31.6 Å². The van der Waals surface area contributed by atoms with Gasteiger partial charge < -0.3 is 10.2 Å². The van der Waals surface area contributed by atoms with Crippen molar-refractivity contribution in [3.8, 4) is 0 Å². The quantitative estimate of drug-likeness (QED) is 0.532. The van der Waals surface area contributed by atoms with Crippen LogP contribution in [-0.4, -0.2) is 48.0 Å². The van der Waals surface area contributed by atoms with Crippen molar-refractivity contribution in [1.29, 1.82) is 0 Å². The molecule has 0 spiro atoms. The summed E-state index contributed by atoms with van der Waals surface area (Å²) in [5, 5.41) is 6.89. The average Bonchev–Trinajstić information content (AvgIpc) is 3.03. The third-order valence-corrected chi connectivity index (χ3v) is 5.16. The molecule has 7 nitrogen and oxygen atoms in total. The van der Waals surface area contributed by atoms with Gasteiger partial charge >= 0.3 is 5.91 Å². The third-order valence-electron chi connectivity index (χ3n) is 5.16. The van der Waals surface area contributed by atoms with E-state index in [1.807, 2.05) is 25.8 Å². The second-order valence-corrected chi connectivity index (χ2v) is 7.88. The van der Waals surface area contributed by atoms with Gasteiger partial charge in [0, 0.05) is 25.9 Å². The van der Waals surface area contributed by atoms with Crippen LogP contribution in [0.3, 0.4) is 0 Å². The second-order valence-electron chi connectivity index (χ2n) is 7.88. The maximum absolute atomic E-state index is 12.6. The Bertz CT molecular complexity index is 553. The molecule has 146 valence electrons. The van der Waals surface area contributed by atoms with Crippen LogP contribution in [0.25, 0.3) is 0 Å². The lowest BCUT2D eigenvalue weighted by Gasteiger charge is -2.24. The molecule has 0 aromatic carbocycles. The van der Waals surface area contributed by atoms with Gasteiger partial charge in [-0.2, -0.15) is 5.10 Å². The van der Waals surface area contributed by atoms with E-state index in [0.29, 0.717) is 6.42 Å². The first kappa shape index (κ1) is 20.4. The van der Waals surface area contributed by atoms with Crippen molar-refractivity contribution >= 4 is 23.4 Å². The highest BCUT2D eigenvalue weighted by molar-refractivity contribution is 6.38. The van der Waals surface area contributed by atoms with Crippen molar-refractivity contribution in [3.63, 3.8) is 0 Å². The maximum Gasteiger partial charge on any atom is 0.309 e. The molecule has 1 unspecified atom stereocenters. The number of hydrogen-bond donors (Lipinski definition) is 2. The molecule has 7 heteroatoms. The van der Waals surface area contributed by atoms with Crippen LogP contribution >= 0.6 is 0 Å². The molecule has 1 heterocycles. The number of likely N-dealkylation sites (tertiary alicyclic amines) is 1. The lowest BCUT2D eigenvalue weighted by Crippen LogP contribution is -2.49. The van der Waals surface area contributed by atoms with E-state index in [1.165, 1.54) is 0 Å². The molecule has 2 aliphatic rings. The standard InChI is InChI=1S/C19H32N4O3/c1-13(2)12-15(20-18(25)14-8-5-4-6-9-14)17(24)19(26)22-21-16-10-7-11-23(16)3/h13-15H,4-12H2,1-3H3,(H,20,25)(H,22,26)/b21-16+. The largest absolute Gasteiger partial charge is 0.362 e. The molecule has 1 atom stereocenters. The second kappa shape index (κ2) is 9.69. The maximum atomic E-state index is 12.6. The Morgan fingerprint density at radius 3 is 2.42 bits per heavy atom. The number of amidine groups is 1. The van der Waals surface area contributed by atoms with Crippen molar-refractivity contribution in [2.45, 2.75) is 71.3 Å². The van der Waals surface area contributed by atoms with E-state index in [0.717, 1.165) is 57.3 Å². The van der Waals surface area contributed by atoms with Gasteiger partial charge in [-0.3, -0.25) is 14.4 Å². The van der Waals surface area contributed by atoms with Crippen LogP contribution in [-0.2, 0) is 14.4 Å². The summed E-state index contributed by atoms with van der Waals surface area (Å²) in [6.07, 6.45) is 7.21. The molecular weight excluding hydrogens is 332 g/mol. The highest BCUT2D eigenvalue weighted by Crippen LogP contribution is 2.24. The van der Waals surface area contributed by atoms with Gasteiger partial charge in [-0.15, -0.1) is 0 Å². The van der Waals surface area contributed by atoms with Gasteiger partial charge in [0.15, 0.2) is 0 Å².